The highest BCUT2D eigenvalue weighted by Crippen LogP contribution is 2.23. The minimum absolute atomic E-state index is 0.180. The summed E-state index contributed by atoms with van der Waals surface area (Å²) in [6.07, 6.45) is 1.41. The number of hydrogen-bond donors (Lipinski definition) is 2. The van der Waals surface area contributed by atoms with E-state index in [1.807, 2.05) is 12.1 Å². The van der Waals surface area contributed by atoms with Crippen LogP contribution in [0.5, 0.6) is 0 Å². The predicted octanol–water partition coefficient (Wildman–Crippen LogP) is 1.70. The Morgan fingerprint density at radius 1 is 1.42 bits per heavy atom. The molecule has 0 atom stereocenters. The number of aromatic amines is 1. The Bertz CT molecular complexity index is 691. The zero-order chi connectivity index (χ0) is 13.7. The van der Waals surface area contributed by atoms with E-state index in [1.165, 1.54) is 12.3 Å². The molecule has 0 aliphatic carbocycles. The number of allylic oxidation sites excluding steroid dienone is 1. The van der Waals surface area contributed by atoms with Gasteiger partial charge in [-0.05, 0) is 23.4 Å². The summed E-state index contributed by atoms with van der Waals surface area (Å²) < 4.78 is 0. The lowest BCUT2D eigenvalue weighted by atomic mass is 10.2. The van der Waals surface area contributed by atoms with E-state index in [1.54, 1.807) is 12.1 Å². The molecule has 7 nitrogen and oxygen atoms in total. The van der Waals surface area contributed by atoms with Crippen molar-refractivity contribution in [2.45, 2.75) is 0 Å². The van der Waals surface area contributed by atoms with E-state index in [2.05, 4.69) is 25.9 Å². The Kier molecular flexibility index (Phi) is 3.72. The van der Waals surface area contributed by atoms with Crippen LogP contribution in [-0.2, 0) is 0 Å². The molecule has 2 aromatic rings. The van der Waals surface area contributed by atoms with Crippen LogP contribution in [0, 0.1) is 22.7 Å². The number of aromatic nitrogens is 4. The summed E-state index contributed by atoms with van der Waals surface area (Å²) in [5, 5.41) is 33.9. The summed E-state index contributed by atoms with van der Waals surface area (Å²) in [5.74, 6) is 0.180. The van der Waals surface area contributed by atoms with Crippen LogP contribution in [0.2, 0.25) is 5.02 Å². The number of halogens is 1. The number of benzene rings is 1. The quantitative estimate of drug-likeness (QED) is 0.821. The second-order valence-electron chi connectivity index (χ2n) is 3.36. The molecule has 1 aromatic carbocycles. The maximum atomic E-state index is 8.97. The van der Waals surface area contributed by atoms with Crippen molar-refractivity contribution in [3.8, 4) is 12.1 Å². The Hall–Kier alpha value is -2.90. The van der Waals surface area contributed by atoms with Gasteiger partial charge in [0.25, 0.3) is 0 Å². The Labute approximate surface area is 113 Å². The van der Waals surface area contributed by atoms with Crippen LogP contribution < -0.4 is 5.32 Å². The number of hydrogen-bond acceptors (Lipinski definition) is 6. The summed E-state index contributed by atoms with van der Waals surface area (Å²) in [6, 6.07) is 8.70. The number of nitrogens with one attached hydrogen (secondary N) is 2. The van der Waals surface area contributed by atoms with Gasteiger partial charge < -0.3 is 5.32 Å². The average molecular weight is 272 g/mol. The molecule has 0 amide bonds. The summed E-state index contributed by atoms with van der Waals surface area (Å²) >= 11 is 5.98. The topological polar surface area (TPSA) is 114 Å². The van der Waals surface area contributed by atoms with Crippen LogP contribution in [0.3, 0.4) is 0 Å². The SMILES string of the molecule is N#CC(=CNc1ccc(C#N)cc1Cl)c1nn[nH]n1. The lowest BCUT2D eigenvalue weighted by Crippen LogP contribution is -1.94. The van der Waals surface area contributed by atoms with Crippen molar-refractivity contribution in [1.82, 2.24) is 20.6 Å². The third kappa shape index (κ3) is 2.86. The van der Waals surface area contributed by atoms with Gasteiger partial charge in [-0.25, -0.2) is 0 Å². The Morgan fingerprint density at radius 2 is 2.26 bits per heavy atom. The molecule has 0 bridgehead atoms. The molecule has 0 saturated carbocycles. The van der Waals surface area contributed by atoms with Crippen LogP contribution in [0.4, 0.5) is 5.69 Å². The lowest BCUT2D eigenvalue weighted by Gasteiger charge is -2.04. The Balaban J connectivity index is 2.23. The van der Waals surface area contributed by atoms with Crippen molar-refractivity contribution in [2.75, 3.05) is 5.32 Å². The van der Waals surface area contributed by atoms with Gasteiger partial charge in [0.05, 0.1) is 22.3 Å². The number of nitriles is 2. The maximum Gasteiger partial charge on any atom is 0.216 e. The molecule has 0 spiro atoms. The van der Waals surface area contributed by atoms with Crippen molar-refractivity contribution in [2.24, 2.45) is 0 Å². The monoisotopic (exact) mass is 271 g/mol. The number of tetrazole rings is 1. The number of rotatable bonds is 3. The number of H-pyrrole nitrogens is 1. The van der Waals surface area contributed by atoms with Gasteiger partial charge in [-0.1, -0.05) is 11.6 Å². The second-order valence-corrected chi connectivity index (χ2v) is 3.76. The van der Waals surface area contributed by atoms with Crippen LogP contribution >= 0.6 is 11.6 Å². The number of nitrogens with zero attached hydrogens (tertiary/aromatic N) is 5. The molecule has 0 unspecified atom stereocenters. The first kappa shape index (κ1) is 12.6. The van der Waals surface area contributed by atoms with Gasteiger partial charge in [-0.15, -0.1) is 10.2 Å². The van der Waals surface area contributed by atoms with E-state index in [0.717, 1.165) is 0 Å². The summed E-state index contributed by atoms with van der Waals surface area (Å²) in [6.45, 7) is 0. The molecule has 1 heterocycles. The van der Waals surface area contributed by atoms with Crippen LogP contribution in [0.25, 0.3) is 5.57 Å². The van der Waals surface area contributed by atoms with E-state index in [-0.39, 0.29) is 11.4 Å². The fourth-order valence-corrected chi connectivity index (χ4v) is 1.51. The molecule has 92 valence electrons. The molecular formula is C11H6ClN7. The minimum Gasteiger partial charge on any atom is -0.359 e. The fraction of sp³-hybridized carbons (Fsp3) is 0. The highest BCUT2D eigenvalue weighted by molar-refractivity contribution is 6.33. The molecular weight excluding hydrogens is 266 g/mol. The van der Waals surface area contributed by atoms with Crippen LogP contribution in [0.15, 0.2) is 24.4 Å². The summed E-state index contributed by atoms with van der Waals surface area (Å²) in [5.41, 5.74) is 1.23. The van der Waals surface area contributed by atoms with Gasteiger partial charge in [-0.3, -0.25) is 0 Å². The summed E-state index contributed by atoms with van der Waals surface area (Å²) in [4.78, 5) is 0. The standard InChI is InChI=1S/C11H6ClN7/c12-9-3-7(4-13)1-2-10(9)15-6-8(5-14)11-16-18-19-17-11/h1-3,6,15H,(H,16,17,18,19). The zero-order valence-corrected chi connectivity index (χ0v) is 10.2. The largest absolute Gasteiger partial charge is 0.359 e. The van der Waals surface area contributed by atoms with E-state index in [9.17, 15) is 0 Å². The first-order chi connectivity index (χ1) is 9.24. The molecule has 0 saturated heterocycles. The zero-order valence-electron chi connectivity index (χ0n) is 9.42. The average Bonchev–Trinajstić information content (AvgIpc) is 2.95. The van der Waals surface area contributed by atoms with E-state index in [4.69, 9.17) is 22.1 Å². The maximum absolute atomic E-state index is 8.97. The van der Waals surface area contributed by atoms with Gasteiger partial charge in [0, 0.05) is 6.20 Å². The van der Waals surface area contributed by atoms with Crippen molar-refractivity contribution in [1.29, 1.82) is 10.5 Å². The molecule has 2 N–H and O–H groups in total. The molecule has 0 aliphatic heterocycles. The molecule has 2 rings (SSSR count). The van der Waals surface area contributed by atoms with E-state index < -0.39 is 0 Å². The van der Waals surface area contributed by atoms with Crippen molar-refractivity contribution in [3.05, 3.63) is 40.8 Å². The van der Waals surface area contributed by atoms with Crippen molar-refractivity contribution in [3.63, 3.8) is 0 Å². The molecule has 0 fully saturated rings. The van der Waals surface area contributed by atoms with Crippen molar-refractivity contribution < 1.29 is 0 Å². The van der Waals surface area contributed by atoms with Crippen LogP contribution in [0.1, 0.15) is 11.4 Å². The first-order valence-electron chi connectivity index (χ1n) is 5.05. The van der Waals surface area contributed by atoms with E-state index in [0.29, 0.717) is 16.3 Å². The highest BCUT2D eigenvalue weighted by Gasteiger charge is 2.06. The predicted molar refractivity (Wildman–Crippen MR) is 67.6 cm³/mol. The lowest BCUT2D eigenvalue weighted by molar-refractivity contribution is 0.881. The molecule has 1 aromatic heterocycles. The van der Waals surface area contributed by atoms with E-state index >= 15 is 0 Å². The molecule has 8 heteroatoms. The first-order valence-corrected chi connectivity index (χ1v) is 5.42. The highest BCUT2D eigenvalue weighted by atomic mass is 35.5. The third-order valence-corrected chi connectivity index (χ3v) is 2.49. The fourth-order valence-electron chi connectivity index (χ4n) is 1.27. The molecule has 19 heavy (non-hydrogen) atoms. The third-order valence-electron chi connectivity index (χ3n) is 2.18. The summed E-state index contributed by atoms with van der Waals surface area (Å²) in [7, 11) is 0. The van der Waals surface area contributed by atoms with Gasteiger partial charge in [0.2, 0.25) is 5.82 Å². The minimum atomic E-state index is 0.180. The smallest absolute Gasteiger partial charge is 0.216 e. The van der Waals surface area contributed by atoms with Gasteiger partial charge in [0.1, 0.15) is 11.6 Å². The molecule has 0 aliphatic rings. The normalized spacial score (nSPS) is 10.6. The van der Waals surface area contributed by atoms with Crippen molar-refractivity contribution >= 4 is 22.9 Å². The van der Waals surface area contributed by atoms with Gasteiger partial charge in [0.15, 0.2) is 0 Å². The van der Waals surface area contributed by atoms with Gasteiger partial charge >= 0.3 is 0 Å². The number of anilines is 1. The van der Waals surface area contributed by atoms with Gasteiger partial charge in [-0.2, -0.15) is 15.7 Å². The molecule has 0 radical (unpaired) electrons. The Morgan fingerprint density at radius 3 is 2.84 bits per heavy atom. The van der Waals surface area contributed by atoms with Crippen LogP contribution in [-0.4, -0.2) is 20.6 Å². The second kappa shape index (κ2) is 5.63.